The molecule has 1 aliphatic heterocycles. The van der Waals surface area contributed by atoms with Gasteiger partial charge < -0.3 is 24.8 Å². The Hall–Kier alpha value is -4.23. The second-order valence-corrected chi connectivity index (χ2v) is 11.4. The number of ether oxygens (including phenoxy) is 1. The van der Waals surface area contributed by atoms with Gasteiger partial charge in [0.1, 0.15) is 18.2 Å². The van der Waals surface area contributed by atoms with E-state index >= 15 is 0 Å². The number of alkyl carbamates (subject to hydrolysis) is 1. The molecule has 3 amide bonds. The lowest BCUT2D eigenvalue weighted by Gasteiger charge is -2.28. The number of rotatable bonds is 5. The molecule has 43 heavy (non-hydrogen) atoms. The minimum atomic E-state index is -5.04. The number of halogens is 6. The van der Waals surface area contributed by atoms with E-state index in [1.54, 1.807) is 20.8 Å². The Morgan fingerprint density at radius 1 is 1.02 bits per heavy atom. The Bertz CT molecular complexity index is 1510. The number of hydrogen-bond acceptors (Lipinski definition) is 4. The van der Waals surface area contributed by atoms with Crippen molar-refractivity contribution in [1.82, 2.24) is 20.1 Å². The minimum Gasteiger partial charge on any atom is -0.444 e. The highest BCUT2D eigenvalue weighted by Gasteiger charge is 2.38. The molecule has 4 rings (SSSR count). The second-order valence-electron chi connectivity index (χ2n) is 11.4. The van der Waals surface area contributed by atoms with Crippen molar-refractivity contribution in [1.29, 1.82) is 0 Å². The number of carbonyl (C=O) groups is 3. The molecule has 232 valence electrons. The Labute approximate surface area is 243 Å². The first-order valence-corrected chi connectivity index (χ1v) is 13.2. The SMILES string of the molecule is CN(Cc1cc(C(F)(F)F)cc(C(F)(F)F)c1)C(=O)CN1Cc2[nH]c3ccccc3c2C[C@@H](NC(=O)OC(C)(C)C)C1=O. The van der Waals surface area contributed by atoms with Gasteiger partial charge in [0.2, 0.25) is 11.8 Å². The van der Waals surface area contributed by atoms with E-state index in [1.165, 1.54) is 11.9 Å². The number of likely N-dealkylation sites (N-methyl/N-ethyl adjacent to an activating group) is 1. The zero-order chi connectivity index (χ0) is 31.9. The first-order chi connectivity index (χ1) is 19.8. The summed E-state index contributed by atoms with van der Waals surface area (Å²) in [5, 5.41) is 3.39. The van der Waals surface area contributed by atoms with Gasteiger partial charge in [-0.1, -0.05) is 18.2 Å². The molecule has 0 saturated heterocycles. The number of aromatic nitrogens is 1. The largest absolute Gasteiger partial charge is 0.444 e. The molecule has 3 aromatic rings. The molecule has 14 heteroatoms. The molecular formula is C29H30F6N4O4. The molecule has 1 aliphatic rings. The van der Waals surface area contributed by atoms with Crippen molar-refractivity contribution < 1.29 is 45.5 Å². The van der Waals surface area contributed by atoms with E-state index in [0.717, 1.165) is 21.4 Å². The first-order valence-electron chi connectivity index (χ1n) is 13.2. The normalized spacial score (nSPS) is 16.1. The van der Waals surface area contributed by atoms with E-state index in [9.17, 15) is 40.7 Å². The summed E-state index contributed by atoms with van der Waals surface area (Å²) in [6.07, 6.45) is -10.8. The topological polar surface area (TPSA) is 94.7 Å². The van der Waals surface area contributed by atoms with Crippen molar-refractivity contribution in [3.8, 4) is 0 Å². The fourth-order valence-corrected chi connectivity index (χ4v) is 4.86. The lowest BCUT2D eigenvalue weighted by molar-refractivity contribution is -0.143. The van der Waals surface area contributed by atoms with E-state index in [2.05, 4.69) is 10.3 Å². The maximum absolute atomic E-state index is 13.6. The van der Waals surface area contributed by atoms with Crippen LogP contribution in [0, 0.1) is 0 Å². The molecule has 0 spiro atoms. The van der Waals surface area contributed by atoms with Crippen LogP contribution in [0.2, 0.25) is 0 Å². The zero-order valence-corrected chi connectivity index (χ0v) is 23.7. The molecule has 0 fully saturated rings. The van der Waals surface area contributed by atoms with Crippen LogP contribution in [0.1, 0.15) is 48.7 Å². The van der Waals surface area contributed by atoms with Crippen LogP contribution < -0.4 is 5.32 Å². The molecule has 2 N–H and O–H groups in total. The number of aromatic amines is 1. The number of H-pyrrole nitrogens is 1. The number of benzene rings is 2. The van der Waals surface area contributed by atoms with Gasteiger partial charge >= 0.3 is 18.4 Å². The number of carbonyl (C=O) groups excluding carboxylic acids is 3. The summed E-state index contributed by atoms with van der Waals surface area (Å²) in [7, 11) is 1.21. The standard InChI is InChI=1S/C29H30F6N4O4/c1-27(2,3)43-26(42)37-22-12-20-19-7-5-6-8-21(19)36-23(20)14-39(25(22)41)15-24(40)38(4)13-16-9-17(28(30,31)32)11-18(10-16)29(33,34)35/h5-11,22,36H,12-15H2,1-4H3,(H,37,42)/t22-/m1/s1. The van der Waals surface area contributed by atoms with Crippen molar-refractivity contribution in [2.45, 2.75) is 64.3 Å². The zero-order valence-electron chi connectivity index (χ0n) is 23.7. The Morgan fingerprint density at radius 2 is 1.63 bits per heavy atom. The second kappa shape index (κ2) is 11.5. The predicted octanol–water partition coefficient (Wildman–Crippen LogP) is 5.64. The highest BCUT2D eigenvalue weighted by molar-refractivity contribution is 5.92. The van der Waals surface area contributed by atoms with Crippen LogP contribution in [0.5, 0.6) is 0 Å². The molecule has 0 unspecified atom stereocenters. The molecule has 0 saturated carbocycles. The molecule has 1 atom stereocenters. The number of para-hydroxylation sites is 1. The predicted molar refractivity (Wildman–Crippen MR) is 143 cm³/mol. The van der Waals surface area contributed by atoms with Crippen molar-refractivity contribution in [2.75, 3.05) is 13.6 Å². The van der Waals surface area contributed by atoms with Crippen LogP contribution >= 0.6 is 0 Å². The van der Waals surface area contributed by atoms with Gasteiger partial charge in [0.25, 0.3) is 0 Å². The molecule has 8 nitrogen and oxygen atoms in total. The number of nitrogens with one attached hydrogen (secondary N) is 2. The maximum atomic E-state index is 13.6. The lowest BCUT2D eigenvalue weighted by atomic mass is 10.0. The first kappa shape index (κ1) is 31.7. The van der Waals surface area contributed by atoms with Gasteiger partial charge in [-0.15, -0.1) is 0 Å². The molecular weight excluding hydrogens is 582 g/mol. The summed E-state index contributed by atoms with van der Waals surface area (Å²) in [6.45, 7) is 3.77. The highest BCUT2D eigenvalue weighted by atomic mass is 19.4. The third kappa shape index (κ3) is 7.59. The summed E-state index contributed by atoms with van der Waals surface area (Å²) in [5.41, 5.74) is -2.10. The van der Waals surface area contributed by atoms with Gasteiger partial charge in [-0.05, 0) is 56.2 Å². The van der Waals surface area contributed by atoms with Crippen LogP contribution in [0.25, 0.3) is 10.9 Å². The fourth-order valence-electron chi connectivity index (χ4n) is 4.86. The molecule has 2 aromatic carbocycles. The van der Waals surface area contributed by atoms with Crippen LogP contribution in [-0.4, -0.2) is 57.9 Å². The van der Waals surface area contributed by atoms with Crippen LogP contribution in [0.15, 0.2) is 42.5 Å². The number of alkyl halides is 6. The Morgan fingerprint density at radius 3 is 2.21 bits per heavy atom. The van der Waals surface area contributed by atoms with E-state index in [4.69, 9.17) is 4.74 Å². The fraction of sp³-hybridized carbons (Fsp3) is 0.414. The molecule has 0 aliphatic carbocycles. The summed E-state index contributed by atoms with van der Waals surface area (Å²) < 4.78 is 85.1. The van der Waals surface area contributed by atoms with Gasteiger partial charge in [0.15, 0.2) is 0 Å². The monoisotopic (exact) mass is 612 g/mol. The van der Waals surface area contributed by atoms with Gasteiger partial charge in [0.05, 0.1) is 17.7 Å². The lowest BCUT2D eigenvalue weighted by Crippen LogP contribution is -2.51. The van der Waals surface area contributed by atoms with E-state index in [1.807, 2.05) is 24.3 Å². The number of hydrogen-bond donors (Lipinski definition) is 2. The molecule has 1 aromatic heterocycles. The summed E-state index contributed by atoms with van der Waals surface area (Å²) in [4.78, 5) is 44.7. The Kier molecular flexibility index (Phi) is 8.44. The van der Waals surface area contributed by atoms with E-state index in [-0.39, 0.29) is 24.6 Å². The number of amides is 3. The molecule has 0 radical (unpaired) electrons. The quantitative estimate of drug-likeness (QED) is 0.365. The van der Waals surface area contributed by atoms with Crippen LogP contribution in [0.3, 0.4) is 0 Å². The average molecular weight is 613 g/mol. The van der Waals surface area contributed by atoms with Gasteiger partial charge in [-0.3, -0.25) is 9.59 Å². The van der Waals surface area contributed by atoms with Gasteiger partial charge in [-0.25, -0.2) is 4.79 Å². The number of nitrogens with zero attached hydrogens (tertiary/aromatic N) is 2. The minimum absolute atomic E-state index is 0.0109. The van der Waals surface area contributed by atoms with Crippen LogP contribution in [0.4, 0.5) is 31.1 Å². The van der Waals surface area contributed by atoms with Gasteiger partial charge in [0, 0.05) is 36.6 Å². The van der Waals surface area contributed by atoms with Crippen LogP contribution in [-0.2, 0) is 46.2 Å². The molecule has 2 heterocycles. The average Bonchev–Trinajstić information content (AvgIpc) is 3.15. The smallest absolute Gasteiger partial charge is 0.416 e. The maximum Gasteiger partial charge on any atom is 0.416 e. The third-order valence-corrected chi connectivity index (χ3v) is 6.78. The summed E-state index contributed by atoms with van der Waals surface area (Å²) in [5.74, 6) is -1.35. The highest BCUT2D eigenvalue weighted by Crippen LogP contribution is 2.36. The Balaban J connectivity index is 1.59. The van der Waals surface area contributed by atoms with E-state index in [0.29, 0.717) is 17.8 Å². The third-order valence-electron chi connectivity index (χ3n) is 6.78. The van der Waals surface area contributed by atoms with Crippen molar-refractivity contribution in [3.05, 3.63) is 70.4 Å². The molecule has 0 bridgehead atoms. The van der Waals surface area contributed by atoms with Crippen molar-refractivity contribution >= 4 is 28.8 Å². The summed E-state index contributed by atoms with van der Waals surface area (Å²) >= 11 is 0. The van der Waals surface area contributed by atoms with Gasteiger partial charge in [-0.2, -0.15) is 26.3 Å². The summed E-state index contributed by atoms with van der Waals surface area (Å²) in [6, 6.07) is 7.29. The van der Waals surface area contributed by atoms with E-state index < -0.39 is 66.1 Å². The van der Waals surface area contributed by atoms with Crippen molar-refractivity contribution in [3.63, 3.8) is 0 Å². The van der Waals surface area contributed by atoms with Crippen molar-refractivity contribution in [2.24, 2.45) is 0 Å². The number of fused-ring (bicyclic) bond motifs is 3.